The van der Waals surface area contributed by atoms with Gasteiger partial charge in [-0.1, -0.05) is 17.7 Å². The second-order valence-corrected chi connectivity index (χ2v) is 9.38. The minimum atomic E-state index is -5.08. The van der Waals surface area contributed by atoms with Crippen LogP contribution >= 0.6 is 11.6 Å². The van der Waals surface area contributed by atoms with E-state index in [4.69, 9.17) is 21.5 Å². The molecule has 1 saturated carbocycles. The molecule has 1 spiro atoms. The highest BCUT2D eigenvalue weighted by molar-refractivity contribution is 6.30. The van der Waals surface area contributed by atoms with Gasteiger partial charge in [0.2, 0.25) is 5.91 Å². The van der Waals surface area contributed by atoms with Crippen LogP contribution in [0.3, 0.4) is 0 Å². The van der Waals surface area contributed by atoms with Crippen LogP contribution in [0.2, 0.25) is 5.02 Å². The van der Waals surface area contributed by atoms with Crippen LogP contribution in [0, 0.1) is 11.7 Å². The van der Waals surface area contributed by atoms with E-state index in [-0.39, 0.29) is 16.4 Å². The summed E-state index contributed by atoms with van der Waals surface area (Å²) in [6.45, 7) is 5.33. The molecule has 4 rings (SSSR count). The third kappa shape index (κ3) is 6.36. The summed E-state index contributed by atoms with van der Waals surface area (Å²) < 4.78 is 45.4. The van der Waals surface area contributed by atoms with Crippen LogP contribution in [-0.2, 0) is 16.1 Å². The van der Waals surface area contributed by atoms with E-state index in [2.05, 4.69) is 9.80 Å². The number of carboxylic acid groups (broad SMARTS) is 1. The fourth-order valence-electron chi connectivity index (χ4n) is 4.46. The number of alkyl halides is 3. The summed E-state index contributed by atoms with van der Waals surface area (Å²) >= 11 is 5.78. The van der Waals surface area contributed by atoms with E-state index in [9.17, 15) is 22.4 Å². The maximum Gasteiger partial charge on any atom is 0.490 e. The van der Waals surface area contributed by atoms with Gasteiger partial charge in [0.05, 0.1) is 5.02 Å². The zero-order valence-electron chi connectivity index (χ0n) is 18.4. The van der Waals surface area contributed by atoms with E-state index in [1.165, 1.54) is 18.9 Å². The molecular formula is C22H28ClF4N3O3. The minimum Gasteiger partial charge on any atom is -0.475 e. The first-order chi connectivity index (χ1) is 15.4. The van der Waals surface area contributed by atoms with Gasteiger partial charge < -0.3 is 10.0 Å². The number of halogens is 5. The quantitative estimate of drug-likeness (QED) is 0.649. The van der Waals surface area contributed by atoms with Gasteiger partial charge in [-0.05, 0) is 49.3 Å². The molecule has 1 aromatic rings. The second-order valence-electron chi connectivity index (χ2n) is 8.98. The number of amides is 1. The summed E-state index contributed by atoms with van der Waals surface area (Å²) in [7, 11) is 1.93. The number of piperazine rings is 1. The summed E-state index contributed by atoms with van der Waals surface area (Å²) in [5.74, 6) is -2.04. The molecule has 2 heterocycles. The fraction of sp³-hybridized carbons (Fsp3) is 0.636. The minimum absolute atomic E-state index is 0.165. The highest BCUT2D eigenvalue weighted by Crippen LogP contribution is 2.38. The van der Waals surface area contributed by atoms with Crippen LogP contribution < -0.4 is 0 Å². The lowest BCUT2D eigenvalue weighted by molar-refractivity contribution is -0.192. The molecule has 0 bridgehead atoms. The topological polar surface area (TPSA) is 64.1 Å². The van der Waals surface area contributed by atoms with Crippen LogP contribution in [0.1, 0.15) is 31.2 Å². The Labute approximate surface area is 195 Å². The summed E-state index contributed by atoms with van der Waals surface area (Å²) in [5.41, 5.74) is 0.613. The number of hydrogen-bond acceptors (Lipinski definition) is 4. The lowest BCUT2D eigenvalue weighted by Gasteiger charge is -2.52. The Morgan fingerprint density at radius 3 is 2.30 bits per heavy atom. The Kier molecular flexibility index (Phi) is 7.91. The van der Waals surface area contributed by atoms with Gasteiger partial charge in [-0.15, -0.1) is 0 Å². The number of rotatable bonds is 4. The van der Waals surface area contributed by atoms with Crippen molar-refractivity contribution in [1.82, 2.24) is 14.7 Å². The monoisotopic (exact) mass is 493 g/mol. The number of likely N-dealkylation sites (tertiary alicyclic amines) is 1. The first-order valence-electron chi connectivity index (χ1n) is 10.9. The first kappa shape index (κ1) is 25.7. The molecule has 2 saturated heterocycles. The molecule has 0 radical (unpaired) electrons. The highest BCUT2D eigenvalue weighted by Gasteiger charge is 2.50. The molecule has 0 unspecified atom stereocenters. The number of carbonyl (C=O) groups is 2. The van der Waals surface area contributed by atoms with Crippen LogP contribution in [0.4, 0.5) is 17.6 Å². The van der Waals surface area contributed by atoms with Gasteiger partial charge in [0.25, 0.3) is 0 Å². The van der Waals surface area contributed by atoms with Crippen molar-refractivity contribution < 1.29 is 32.3 Å². The molecule has 0 atom stereocenters. The molecule has 1 aliphatic carbocycles. The van der Waals surface area contributed by atoms with Crippen LogP contribution in [0.5, 0.6) is 0 Å². The predicted molar refractivity (Wildman–Crippen MR) is 114 cm³/mol. The predicted octanol–water partition coefficient (Wildman–Crippen LogP) is 3.63. The molecular weight excluding hydrogens is 466 g/mol. The molecule has 1 amide bonds. The molecule has 3 fully saturated rings. The third-order valence-corrected chi connectivity index (χ3v) is 6.85. The number of carbonyl (C=O) groups excluding carboxylic acids is 1. The standard InChI is InChI=1S/C20H27ClFN3O.C2HF3O2/c1-23-10-11-25(14-15-2-3-15)20(19(23)26)6-8-24(9-7-20)13-16-4-5-17(21)18(22)12-16;3-2(4,5)1(6)7/h4-5,12,15H,2-3,6-11,13-14H2,1H3;(H,6,7). The van der Waals surface area contributed by atoms with E-state index in [0.29, 0.717) is 12.5 Å². The SMILES string of the molecule is CN1CCN(CC2CC2)C2(CCN(Cc3ccc(Cl)c(F)c3)CC2)C1=O.O=C(O)C(F)(F)F. The maximum absolute atomic E-state index is 13.7. The van der Waals surface area contributed by atoms with Gasteiger partial charge in [0.15, 0.2) is 0 Å². The maximum atomic E-state index is 13.7. The summed E-state index contributed by atoms with van der Waals surface area (Å²) in [6, 6.07) is 5.02. The molecule has 3 aliphatic rings. The smallest absolute Gasteiger partial charge is 0.475 e. The van der Waals surface area contributed by atoms with Crippen molar-refractivity contribution in [2.45, 2.75) is 43.9 Å². The zero-order chi connectivity index (χ0) is 24.4. The van der Waals surface area contributed by atoms with Crippen molar-refractivity contribution in [3.63, 3.8) is 0 Å². The Hall–Kier alpha value is -1.91. The molecule has 11 heteroatoms. The van der Waals surface area contributed by atoms with Crippen molar-refractivity contribution >= 4 is 23.5 Å². The first-order valence-corrected chi connectivity index (χ1v) is 11.3. The van der Waals surface area contributed by atoms with Gasteiger partial charge >= 0.3 is 12.1 Å². The van der Waals surface area contributed by atoms with Crippen molar-refractivity contribution in [1.29, 1.82) is 0 Å². The summed E-state index contributed by atoms with van der Waals surface area (Å²) in [5, 5.41) is 7.29. The number of aliphatic carboxylic acids is 1. The lowest BCUT2D eigenvalue weighted by atomic mass is 9.82. The van der Waals surface area contributed by atoms with Crippen LogP contribution in [0.25, 0.3) is 0 Å². The molecule has 1 aromatic carbocycles. The molecule has 0 aromatic heterocycles. The average Bonchev–Trinajstić information content (AvgIpc) is 3.57. The van der Waals surface area contributed by atoms with E-state index >= 15 is 0 Å². The highest BCUT2D eigenvalue weighted by atomic mass is 35.5. The van der Waals surface area contributed by atoms with Crippen LogP contribution in [0.15, 0.2) is 18.2 Å². The number of benzene rings is 1. The molecule has 184 valence electrons. The normalized spacial score (nSPS) is 21.6. The molecule has 2 aliphatic heterocycles. The lowest BCUT2D eigenvalue weighted by Crippen LogP contribution is -2.68. The van der Waals surface area contributed by atoms with Gasteiger partial charge in [0, 0.05) is 46.3 Å². The Bertz CT molecular complexity index is 871. The van der Waals surface area contributed by atoms with E-state index in [1.54, 1.807) is 6.07 Å². The zero-order valence-corrected chi connectivity index (χ0v) is 19.1. The number of nitrogens with zero attached hydrogens (tertiary/aromatic N) is 3. The number of carboxylic acids is 1. The van der Waals surface area contributed by atoms with Gasteiger partial charge in [-0.25, -0.2) is 9.18 Å². The van der Waals surface area contributed by atoms with Crippen molar-refractivity contribution in [3.05, 3.63) is 34.6 Å². The van der Waals surface area contributed by atoms with Gasteiger partial charge in [-0.2, -0.15) is 13.2 Å². The fourth-order valence-corrected chi connectivity index (χ4v) is 4.58. The largest absolute Gasteiger partial charge is 0.490 e. The van der Waals surface area contributed by atoms with Gasteiger partial charge in [0.1, 0.15) is 11.4 Å². The number of hydrogen-bond donors (Lipinski definition) is 1. The van der Waals surface area contributed by atoms with Gasteiger partial charge in [-0.3, -0.25) is 14.6 Å². The van der Waals surface area contributed by atoms with Crippen molar-refractivity contribution in [2.75, 3.05) is 39.8 Å². The molecule has 1 N–H and O–H groups in total. The van der Waals surface area contributed by atoms with Crippen LogP contribution in [-0.4, -0.2) is 83.2 Å². The Morgan fingerprint density at radius 2 is 1.79 bits per heavy atom. The Morgan fingerprint density at radius 1 is 1.18 bits per heavy atom. The summed E-state index contributed by atoms with van der Waals surface area (Å²) in [4.78, 5) is 28.7. The number of likely N-dealkylation sites (N-methyl/N-ethyl adjacent to an activating group) is 1. The molecule has 6 nitrogen and oxygen atoms in total. The number of piperidine rings is 1. The van der Waals surface area contributed by atoms with E-state index in [0.717, 1.165) is 57.0 Å². The Balaban J connectivity index is 0.000000383. The third-order valence-electron chi connectivity index (χ3n) is 6.55. The van der Waals surface area contributed by atoms with Crippen molar-refractivity contribution in [3.8, 4) is 0 Å². The summed E-state index contributed by atoms with van der Waals surface area (Å²) in [6.07, 6.45) is -0.742. The second kappa shape index (κ2) is 10.1. The van der Waals surface area contributed by atoms with E-state index in [1.807, 2.05) is 18.0 Å². The average molecular weight is 494 g/mol. The molecule has 33 heavy (non-hydrogen) atoms. The van der Waals surface area contributed by atoms with E-state index < -0.39 is 12.1 Å². The van der Waals surface area contributed by atoms with Crippen molar-refractivity contribution in [2.24, 2.45) is 5.92 Å².